The molecule has 0 amide bonds. The van der Waals surface area contributed by atoms with Gasteiger partial charge in [-0.2, -0.15) is 0 Å². The van der Waals surface area contributed by atoms with Crippen LogP contribution < -0.4 is 24.8 Å². The highest BCUT2D eigenvalue weighted by Crippen LogP contribution is 2.36. The third kappa shape index (κ3) is 4.62. The standard InChI is InChI=1S/C29H32ClN5O3/c1-37-25-15-18-8-9-31-27(22(18)17-26(25)38-2)19-6-7-24-23(14-19)28(36)33-29(32-24)35-12-10-34(11-13-35)21-5-3-4-20(30)16-21/h3-5,15-17,19H,6-14H2,1-2H3,(H,32,33,36). The summed E-state index contributed by atoms with van der Waals surface area (Å²) in [6.45, 7) is 4.01. The van der Waals surface area contributed by atoms with E-state index >= 15 is 0 Å². The maximum absolute atomic E-state index is 13.3. The lowest BCUT2D eigenvalue weighted by atomic mass is 9.79. The third-order valence-corrected chi connectivity index (χ3v) is 8.19. The zero-order valence-electron chi connectivity index (χ0n) is 21.8. The summed E-state index contributed by atoms with van der Waals surface area (Å²) < 4.78 is 11.1. The van der Waals surface area contributed by atoms with E-state index in [-0.39, 0.29) is 11.5 Å². The number of rotatable bonds is 5. The number of fused-ring (bicyclic) bond motifs is 2. The Labute approximate surface area is 227 Å². The van der Waals surface area contributed by atoms with Crippen LogP contribution in [0.25, 0.3) is 0 Å². The molecule has 0 radical (unpaired) electrons. The van der Waals surface area contributed by atoms with Crippen molar-refractivity contribution in [2.75, 3.05) is 56.7 Å². The van der Waals surface area contributed by atoms with Gasteiger partial charge in [0, 0.05) is 66.2 Å². The highest BCUT2D eigenvalue weighted by molar-refractivity contribution is 6.30. The second-order valence-corrected chi connectivity index (χ2v) is 10.5. The number of anilines is 2. The fraction of sp³-hybridized carbons (Fsp3) is 0.414. The number of piperazine rings is 1. The van der Waals surface area contributed by atoms with Crippen LogP contribution in [0, 0.1) is 5.92 Å². The highest BCUT2D eigenvalue weighted by Gasteiger charge is 2.31. The van der Waals surface area contributed by atoms with Gasteiger partial charge >= 0.3 is 0 Å². The zero-order valence-corrected chi connectivity index (χ0v) is 22.6. The number of ether oxygens (including phenoxy) is 2. The fourth-order valence-corrected chi connectivity index (χ4v) is 6.12. The lowest BCUT2D eigenvalue weighted by Gasteiger charge is -2.37. The van der Waals surface area contributed by atoms with Gasteiger partial charge in [-0.05, 0) is 61.6 Å². The summed E-state index contributed by atoms with van der Waals surface area (Å²) in [4.78, 5) is 30.7. The molecule has 2 aliphatic heterocycles. The normalized spacial score (nSPS) is 18.9. The Morgan fingerprint density at radius 1 is 1.00 bits per heavy atom. The second-order valence-electron chi connectivity index (χ2n) is 10.1. The van der Waals surface area contributed by atoms with Gasteiger partial charge in [0.05, 0.1) is 19.9 Å². The Balaban J connectivity index is 1.19. The molecule has 198 valence electrons. The van der Waals surface area contributed by atoms with Crippen molar-refractivity contribution in [1.82, 2.24) is 9.97 Å². The highest BCUT2D eigenvalue weighted by atomic mass is 35.5. The molecule has 0 bridgehead atoms. The number of methoxy groups -OCH3 is 2. The summed E-state index contributed by atoms with van der Waals surface area (Å²) in [5.41, 5.74) is 6.20. The summed E-state index contributed by atoms with van der Waals surface area (Å²) in [6, 6.07) is 12.0. The third-order valence-electron chi connectivity index (χ3n) is 7.96. The molecule has 6 rings (SSSR count). The fourth-order valence-electron chi connectivity index (χ4n) is 5.94. The van der Waals surface area contributed by atoms with E-state index in [4.69, 9.17) is 31.1 Å². The van der Waals surface area contributed by atoms with Crippen molar-refractivity contribution >= 4 is 28.9 Å². The molecule has 1 saturated heterocycles. The molecular weight excluding hydrogens is 502 g/mol. The molecule has 1 atom stereocenters. The average Bonchev–Trinajstić information content (AvgIpc) is 2.96. The largest absolute Gasteiger partial charge is 0.493 e. The lowest BCUT2D eigenvalue weighted by molar-refractivity contribution is 0.354. The van der Waals surface area contributed by atoms with Gasteiger partial charge in [0.1, 0.15) is 0 Å². The van der Waals surface area contributed by atoms with Crippen LogP contribution in [-0.2, 0) is 19.3 Å². The van der Waals surface area contributed by atoms with Gasteiger partial charge in [-0.15, -0.1) is 0 Å². The SMILES string of the molecule is COc1cc2c(cc1OC)C(C1CCc3nc(N4CCN(c5cccc(Cl)c5)CC4)[nH]c(=O)c3C1)=NCC2. The summed E-state index contributed by atoms with van der Waals surface area (Å²) in [5.74, 6) is 2.30. The van der Waals surface area contributed by atoms with Crippen molar-refractivity contribution in [2.45, 2.75) is 25.7 Å². The predicted octanol–water partition coefficient (Wildman–Crippen LogP) is 3.92. The van der Waals surface area contributed by atoms with Crippen LogP contribution in [0.15, 0.2) is 46.2 Å². The molecule has 1 fully saturated rings. The molecule has 9 heteroatoms. The van der Waals surface area contributed by atoms with E-state index in [0.717, 1.165) is 91.0 Å². The van der Waals surface area contributed by atoms with Crippen LogP contribution >= 0.6 is 11.6 Å². The molecule has 0 spiro atoms. The lowest BCUT2D eigenvalue weighted by Crippen LogP contribution is -2.47. The zero-order chi connectivity index (χ0) is 26.2. The van der Waals surface area contributed by atoms with Gasteiger partial charge < -0.3 is 19.3 Å². The molecule has 8 nitrogen and oxygen atoms in total. The molecule has 3 aliphatic rings. The number of aromatic amines is 1. The molecule has 3 heterocycles. The van der Waals surface area contributed by atoms with E-state index in [2.05, 4.69) is 26.9 Å². The first-order valence-electron chi connectivity index (χ1n) is 13.2. The maximum Gasteiger partial charge on any atom is 0.255 e. The number of nitrogens with one attached hydrogen (secondary N) is 1. The van der Waals surface area contributed by atoms with Gasteiger partial charge in [-0.1, -0.05) is 17.7 Å². The summed E-state index contributed by atoms with van der Waals surface area (Å²) in [6.07, 6.45) is 3.20. The van der Waals surface area contributed by atoms with Crippen LogP contribution in [0.5, 0.6) is 11.5 Å². The second kappa shape index (κ2) is 10.3. The van der Waals surface area contributed by atoms with E-state index < -0.39 is 0 Å². The first-order chi connectivity index (χ1) is 18.5. The number of aliphatic imine (C=N–C) groups is 1. The number of H-pyrrole nitrogens is 1. The number of benzene rings is 2. The topological polar surface area (TPSA) is 83.0 Å². The van der Waals surface area contributed by atoms with Gasteiger partial charge in [0.2, 0.25) is 5.95 Å². The first-order valence-corrected chi connectivity index (χ1v) is 13.6. The van der Waals surface area contributed by atoms with E-state index in [1.54, 1.807) is 14.2 Å². The quantitative estimate of drug-likeness (QED) is 0.535. The minimum atomic E-state index is -0.0316. The van der Waals surface area contributed by atoms with E-state index in [9.17, 15) is 4.79 Å². The van der Waals surface area contributed by atoms with Crippen LogP contribution in [0.3, 0.4) is 0 Å². The molecule has 38 heavy (non-hydrogen) atoms. The van der Waals surface area contributed by atoms with Gasteiger partial charge in [-0.3, -0.25) is 14.8 Å². The van der Waals surface area contributed by atoms with Crippen molar-refractivity contribution < 1.29 is 9.47 Å². The van der Waals surface area contributed by atoms with Gasteiger partial charge in [0.15, 0.2) is 11.5 Å². The van der Waals surface area contributed by atoms with Crippen LogP contribution in [0.1, 0.15) is 28.8 Å². The number of nitrogens with zero attached hydrogens (tertiary/aromatic N) is 4. The van der Waals surface area contributed by atoms with Crippen molar-refractivity contribution in [1.29, 1.82) is 0 Å². The Hall–Kier alpha value is -3.52. The minimum absolute atomic E-state index is 0.0316. The van der Waals surface area contributed by atoms with Crippen LogP contribution in [0.2, 0.25) is 5.02 Å². The number of hydrogen-bond donors (Lipinski definition) is 1. The molecule has 1 N–H and O–H groups in total. The molecule has 3 aromatic rings. The van der Waals surface area contributed by atoms with Crippen molar-refractivity contribution in [3.05, 3.63) is 74.2 Å². The molecular formula is C29H32ClN5O3. The smallest absolute Gasteiger partial charge is 0.255 e. The predicted molar refractivity (Wildman–Crippen MR) is 151 cm³/mol. The Bertz CT molecular complexity index is 1440. The van der Waals surface area contributed by atoms with E-state index in [1.807, 2.05) is 24.3 Å². The molecule has 1 unspecified atom stereocenters. The van der Waals surface area contributed by atoms with Crippen LogP contribution in [-0.4, -0.2) is 62.6 Å². The number of halogens is 1. The monoisotopic (exact) mass is 533 g/mol. The summed E-state index contributed by atoms with van der Waals surface area (Å²) >= 11 is 6.18. The maximum atomic E-state index is 13.3. The molecule has 1 aliphatic carbocycles. The molecule has 1 aromatic heterocycles. The molecule has 2 aromatic carbocycles. The van der Waals surface area contributed by atoms with Crippen molar-refractivity contribution in [2.24, 2.45) is 10.9 Å². The van der Waals surface area contributed by atoms with E-state index in [0.29, 0.717) is 18.1 Å². The first kappa shape index (κ1) is 24.8. The van der Waals surface area contributed by atoms with Gasteiger partial charge in [0.25, 0.3) is 5.56 Å². The molecule has 0 saturated carbocycles. The van der Waals surface area contributed by atoms with E-state index in [1.165, 1.54) is 5.56 Å². The number of hydrogen-bond acceptors (Lipinski definition) is 7. The minimum Gasteiger partial charge on any atom is -0.493 e. The number of aromatic nitrogens is 2. The average molecular weight is 534 g/mol. The van der Waals surface area contributed by atoms with Gasteiger partial charge in [-0.25, -0.2) is 4.98 Å². The Morgan fingerprint density at radius 2 is 1.76 bits per heavy atom. The van der Waals surface area contributed by atoms with Crippen molar-refractivity contribution in [3.8, 4) is 11.5 Å². The Kier molecular flexibility index (Phi) is 6.74. The number of aryl methyl sites for hydroxylation is 1. The van der Waals surface area contributed by atoms with Crippen LogP contribution in [0.4, 0.5) is 11.6 Å². The Morgan fingerprint density at radius 3 is 2.53 bits per heavy atom. The summed E-state index contributed by atoms with van der Waals surface area (Å²) in [5, 5.41) is 0.741. The summed E-state index contributed by atoms with van der Waals surface area (Å²) in [7, 11) is 3.31. The van der Waals surface area contributed by atoms with Crippen molar-refractivity contribution in [3.63, 3.8) is 0 Å².